The van der Waals surface area contributed by atoms with E-state index in [1.54, 1.807) is 0 Å². The Morgan fingerprint density at radius 2 is 2.10 bits per heavy atom. The van der Waals surface area contributed by atoms with Crippen molar-refractivity contribution in [3.63, 3.8) is 0 Å². The summed E-state index contributed by atoms with van der Waals surface area (Å²) in [6.07, 6.45) is -0.322. The maximum atomic E-state index is 12.2. The standard InChI is InChI=1S/C15H13NO4/c1-8(2)12-6-11(17)15-10(5-14(18)19)3-9(7-16)4-13(15)20-12/h3-4,6,8H,5H2,1-2H3,(H,18,19). The highest BCUT2D eigenvalue weighted by Gasteiger charge is 2.15. The van der Waals surface area contributed by atoms with Gasteiger partial charge in [-0.25, -0.2) is 0 Å². The molecule has 0 saturated heterocycles. The number of nitriles is 1. The third-order valence-electron chi connectivity index (χ3n) is 2.97. The monoisotopic (exact) mass is 271 g/mol. The van der Waals surface area contributed by atoms with Crippen LogP contribution in [0.1, 0.15) is 36.7 Å². The van der Waals surface area contributed by atoms with E-state index in [0.29, 0.717) is 11.3 Å². The summed E-state index contributed by atoms with van der Waals surface area (Å²) in [7, 11) is 0. The molecule has 1 heterocycles. The minimum Gasteiger partial charge on any atom is -0.481 e. The van der Waals surface area contributed by atoms with Crippen molar-refractivity contribution in [3.05, 3.63) is 45.3 Å². The topological polar surface area (TPSA) is 91.3 Å². The van der Waals surface area contributed by atoms with Gasteiger partial charge < -0.3 is 9.52 Å². The van der Waals surface area contributed by atoms with Gasteiger partial charge in [0.25, 0.3) is 0 Å². The summed E-state index contributed by atoms with van der Waals surface area (Å²) in [5.41, 5.74) is 0.556. The number of benzene rings is 1. The predicted octanol–water partition coefficient (Wildman–Crippen LogP) is 2.42. The molecule has 2 aromatic rings. The van der Waals surface area contributed by atoms with Crippen molar-refractivity contribution in [2.24, 2.45) is 0 Å². The van der Waals surface area contributed by atoms with Crippen LogP contribution in [0.15, 0.2) is 27.4 Å². The number of nitrogens with zero attached hydrogens (tertiary/aromatic N) is 1. The number of hydrogen-bond acceptors (Lipinski definition) is 4. The van der Waals surface area contributed by atoms with E-state index in [1.165, 1.54) is 18.2 Å². The van der Waals surface area contributed by atoms with Gasteiger partial charge in [-0.3, -0.25) is 9.59 Å². The number of carbonyl (C=O) groups is 1. The maximum absolute atomic E-state index is 12.2. The van der Waals surface area contributed by atoms with Crippen LogP contribution < -0.4 is 5.43 Å². The van der Waals surface area contributed by atoms with Crippen LogP contribution in [0.2, 0.25) is 0 Å². The van der Waals surface area contributed by atoms with Gasteiger partial charge in [-0.2, -0.15) is 5.26 Å². The first kappa shape index (κ1) is 13.8. The summed E-state index contributed by atoms with van der Waals surface area (Å²) in [6, 6.07) is 6.21. The Balaban J connectivity index is 2.83. The molecule has 0 saturated carbocycles. The molecule has 0 radical (unpaired) electrons. The molecule has 0 aliphatic rings. The van der Waals surface area contributed by atoms with Gasteiger partial charge >= 0.3 is 5.97 Å². The van der Waals surface area contributed by atoms with E-state index in [4.69, 9.17) is 14.8 Å². The average molecular weight is 271 g/mol. The molecule has 0 bridgehead atoms. The van der Waals surface area contributed by atoms with E-state index in [2.05, 4.69) is 0 Å². The molecular weight excluding hydrogens is 258 g/mol. The third-order valence-corrected chi connectivity index (χ3v) is 2.97. The van der Waals surface area contributed by atoms with E-state index >= 15 is 0 Å². The third kappa shape index (κ3) is 2.54. The Hall–Kier alpha value is -2.61. The number of carboxylic acid groups (broad SMARTS) is 1. The lowest BCUT2D eigenvalue weighted by Crippen LogP contribution is -2.09. The zero-order valence-electron chi connectivity index (χ0n) is 11.1. The first-order valence-corrected chi connectivity index (χ1v) is 6.15. The largest absolute Gasteiger partial charge is 0.481 e. The van der Waals surface area contributed by atoms with Crippen molar-refractivity contribution in [1.82, 2.24) is 0 Å². The fraction of sp³-hybridized carbons (Fsp3) is 0.267. The minimum atomic E-state index is -1.06. The zero-order valence-corrected chi connectivity index (χ0v) is 11.1. The SMILES string of the molecule is CC(C)c1cc(=O)c2c(CC(=O)O)cc(C#N)cc2o1. The van der Waals surface area contributed by atoms with Gasteiger partial charge in [0.05, 0.1) is 23.4 Å². The molecule has 0 aliphatic carbocycles. The van der Waals surface area contributed by atoms with Crippen LogP contribution in [0.25, 0.3) is 11.0 Å². The first-order chi connectivity index (χ1) is 9.42. The van der Waals surface area contributed by atoms with Gasteiger partial charge in [-0.05, 0) is 17.7 Å². The number of hydrogen-bond donors (Lipinski definition) is 1. The fourth-order valence-electron chi connectivity index (χ4n) is 2.04. The lowest BCUT2D eigenvalue weighted by Gasteiger charge is -2.08. The highest BCUT2D eigenvalue weighted by Crippen LogP contribution is 2.23. The Morgan fingerprint density at radius 3 is 2.65 bits per heavy atom. The van der Waals surface area contributed by atoms with Gasteiger partial charge in [-0.1, -0.05) is 13.8 Å². The van der Waals surface area contributed by atoms with Gasteiger partial charge in [0.15, 0.2) is 5.43 Å². The van der Waals surface area contributed by atoms with Crippen molar-refractivity contribution >= 4 is 16.9 Å². The smallest absolute Gasteiger partial charge is 0.307 e. The Labute approximate surface area is 115 Å². The highest BCUT2D eigenvalue weighted by atomic mass is 16.4. The van der Waals surface area contributed by atoms with E-state index in [0.717, 1.165) is 0 Å². The van der Waals surface area contributed by atoms with Crippen molar-refractivity contribution in [2.75, 3.05) is 0 Å². The van der Waals surface area contributed by atoms with Crippen LogP contribution in [-0.2, 0) is 11.2 Å². The second-order valence-corrected chi connectivity index (χ2v) is 4.86. The molecule has 2 rings (SSSR count). The van der Waals surface area contributed by atoms with Crippen LogP contribution in [0, 0.1) is 11.3 Å². The number of rotatable bonds is 3. The van der Waals surface area contributed by atoms with E-state index < -0.39 is 5.97 Å². The van der Waals surface area contributed by atoms with Gasteiger partial charge in [-0.15, -0.1) is 0 Å². The van der Waals surface area contributed by atoms with E-state index in [-0.39, 0.29) is 34.3 Å². The zero-order chi connectivity index (χ0) is 14.9. The Bertz CT molecular complexity index is 781. The molecule has 1 N–H and O–H groups in total. The van der Waals surface area contributed by atoms with Gasteiger partial charge in [0.2, 0.25) is 0 Å². The second kappa shape index (κ2) is 5.17. The van der Waals surface area contributed by atoms with Crippen molar-refractivity contribution in [1.29, 1.82) is 5.26 Å². The first-order valence-electron chi connectivity index (χ1n) is 6.15. The summed E-state index contributed by atoms with van der Waals surface area (Å²) in [5, 5.41) is 18.1. The molecule has 0 unspecified atom stereocenters. The van der Waals surface area contributed by atoms with Crippen LogP contribution in [-0.4, -0.2) is 11.1 Å². The molecule has 5 heteroatoms. The second-order valence-electron chi connectivity index (χ2n) is 4.86. The quantitative estimate of drug-likeness (QED) is 0.925. The van der Waals surface area contributed by atoms with Crippen LogP contribution in [0.4, 0.5) is 0 Å². The maximum Gasteiger partial charge on any atom is 0.307 e. The van der Waals surface area contributed by atoms with Gasteiger partial charge in [0.1, 0.15) is 11.3 Å². The molecule has 0 aliphatic heterocycles. The summed E-state index contributed by atoms with van der Waals surface area (Å²) in [5.74, 6) is -0.520. The number of fused-ring (bicyclic) bond motifs is 1. The summed E-state index contributed by atoms with van der Waals surface area (Å²) >= 11 is 0. The minimum absolute atomic E-state index is 0.0285. The fourth-order valence-corrected chi connectivity index (χ4v) is 2.04. The van der Waals surface area contributed by atoms with Crippen LogP contribution in [0.5, 0.6) is 0 Å². The van der Waals surface area contributed by atoms with Gasteiger partial charge in [0, 0.05) is 12.0 Å². The Kier molecular flexibility index (Phi) is 3.57. The molecule has 5 nitrogen and oxygen atoms in total. The number of aliphatic carboxylic acids is 1. The van der Waals surface area contributed by atoms with Crippen molar-refractivity contribution < 1.29 is 14.3 Å². The summed E-state index contributed by atoms with van der Waals surface area (Å²) in [4.78, 5) is 23.1. The molecule has 1 aromatic carbocycles. The summed E-state index contributed by atoms with van der Waals surface area (Å²) in [6.45, 7) is 3.77. The molecule has 0 spiro atoms. The molecule has 0 amide bonds. The lowest BCUT2D eigenvalue weighted by molar-refractivity contribution is -0.136. The van der Waals surface area contributed by atoms with E-state index in [1.807, 2.05) is 19.9 Å². The molecule has 102 valence electrons. The molecule has 1 aromatic heterocycles. The predicted molar refractivity (Wildman–Crippen MR) is 72.6 cm³/mol. The van der Waals surface area contributed by atoms with E-state index in [9.17, 15) is 9.59 Å². The number of carboxylic acids is 1. The molecule has 0 atom stereocenters. The summed E-state index contributed by atoms with van der Waals surface area (Å²) < 4.78 is 5.62. The Morgan fingerprint density at radius 1 is 1.40 bits per heavy atom. The molecule has 20 heavy (non-hydrogen) atoms. The average Bonchev–Trinajstić information content (AvgIpc) is 2.36. The highest BCUT2D eigenvalue weighted by molar-refractivity contribution is 5.86. The van der Waals surface area contributed by atoms with Crippen molar-refractivity contribution in [3.8, 4) is 6.07 Å². The normalized spacial score (nSPS) is 10.7. The molecule has 0 fully saturated rings. The van der Waals surface area contributed by atoms with Crippen LogP contribution >= 0.6 is 0 Å². The lowest BCUT2D eigenvalue weighted by atomic mass is 10.0. The van der Waals surface area contributed by atoms with Crippen LogP contribution in [0.3, 0.4) is 0 Å². The van der Waals surface area contributed by atoms with Crippen molar-refractivity contribution in [2.45, 2.75) is 26.2 Å². The molecular formula is C15H13NO4.